The fourth-order valence-corrected chi connectivity index (χ4v) is 3.13. The molecular formula is C16H23NO2. The van der Waals surface area contributed by atoms with Crippen LogP contribution >= 0.6 is 0 Å². The summed E-state index contributed by atoms with van der Waals surface area (Å²) in [4.78, 5) is 13.5. The van der Waals surface area contributed by atoms with Gasteiger partial charge in [-0.2, -0.15) is 0 Å². The van der Waals surface area contributed by atoms with E-state index in [9.17, 15) is 9.90 Å². The first-order valence-corrected chi connectivity index (χ1v) is 7.02. The minimum atomic E-state index is -0.672. The van der Waals surface area contributed by atoms with Crippen LogP contribution in [0.2, 0.25) is 0 Å². The Morgan fingerprint density at radius 2 is 2.11 bits per heavy atom. The topological polar surface area (TPSA) is 40.5 Å². The number of hydrogen-bond donors (Lipinski definition) is 1. The predicted molar refractivity (Wildman–Crippen MR) is 77.8 cm³/mol. The zero-order chi connectivity index (χ0) is 14.2. The van der Waals surface area contributed by atoms with Crippen molar-refractivity contribution in [3.63, 3.8) is 0 Å². The Morgan fingerprint density at radius 3 is 2.63 bits per heavy atom. The van der Waals surface area contributed by atoms with Crippen LogP contribution in [-0.2, 0) is 4.79 Å². The van der Waals surface area contributed by atoms with Crippen molar-refractivity contribution in [2.75, 3.05) is 11.4 Å². The Bertz CT molecular complexity index is 482. The zero-order valence-corrected chi connectivity index (χ0v) is 12.2. The number of nitrogens with zero attached hydrogens (tertiary/aromatic N) is 1. The summed E-state index contributed by atoms with van der Waals surface area (Å²) in [5.41, 5.74) is 3.80. The number of aryl methyl sites for hydroxylation is 1. The molecule has 104 valence electrons. The molecule has 0 bridgehead atoms. The lowest BCUT2D eigenvalue weighted by molar-refractivity contribution is -0.141. The molecule has 0 amide bonds. The summed E-state index contributed by atoms with van der Waals surface area (Å²) >= 11 is 0. The molecule has 0 aliphatic carbocycles. The van der Waals surface area contributed by atoms with Gasteiger partial charge in [0.1, 0.15) is 0 Å². The van der Waals surface area contributed by atoms with Crippen molar-refractivity contribution in [2.24, 2.45) is 5.92 Å². The molecule has 1 aromatic rings. The van der Waals surface area contributed by atoms with Gasteiger partial charge in [0.05, 0.1) is 5.92 Å². The van der Waals surface area contributed by atoms with Gasteiger partial charge in [-0.1, -0.05) is 32.0 Å². The standard InChI is InChI=1S/C16H23NO2/c1-10(2)13-7-5-6-11(3)15(13)17-9-8-14(12(17)4)16(18)19/h5-7,10,12,14H,8-9H2,1-4H3,(H,18,19). The summed E-state index contributed by atoms with van der Waals surface area (Å²) in [5.74, 6) is -0.472. The first-order chi connectivity index (χ1) is 8.93. The lowest BCUT2D eigenvalue weighted by atomic mass is 9.96. The predicted octanol–water partition coefficient (Wildman–Crippen LogP) is 3.42. The molecule has 2 unspecified atom stereocenters. The number of hydrogen-bond acceptors (Lipinski definition) is 2. The molecule has 0 spiro atoms. The largest absolute Gasteiger partial charge is 0.481 e. The van der Waals surface area contributed by atoms with Crippen molar-refractivity contribution >= 4 is 11.7 Å². The fourth-order valence-electron chi connectivity index (χ4n) is 3.13. The minimum absolute atomic E-state index is 0.0658. The Labute approximate surface area is 115 Å². The molecule has 1 aliphatic heterocycles. The highest BCUT2D eigenvalue weighted by molar-refractivity contribution is 5.74. The van der Waals surface area contributed by atoms with Gasteiger partial charge in [0.25, 0.3) is 0 Å². The van der Waals surface area contributed by atoms with Gasteiger partial charge in [0.15, 0.2) is 0 Å². The summed E-state index contributed by atoms with van der Waals surface area (Å²) in [6.45, 7) is 9.36. The van der Waals surface area contributed by atoms with Crippen molar-refractivity contribution in [1.29, 1.82) is 0 Å². The van der Waals surface area contributed by atoms with Crippen LogP contribution in [0.15, 0.2) is 18.2 Å². The Balaban J connectivity index is 2.40. The van der Waals surface area contributed by atoms with Crippen LogP contribution in [0.3, 0.4) is 0 Å². The van der Waals surface area contributed by atoms with Gasteiger partial charge < -0.3 is 10.0 Å². The third-order valence-electron chi connectivity index (χ3n) is 4.25. The molecule has 2 rings (SSSR count). The number of carboxylic acids is 1. The Morgan fingerprint density at radius 1 is 1.42 bits per heavy atom. The van der Waals surface area contributed by atoms with Crippen LogP contribution in [0.1, 0.15) is 44.2 Å². The van der Waals surface area contributed by atoms with Crippen LogP contribution < -0.4 is 4.90 Å². The van der Waals surface area contributed by atoms with Crippen molar-refractivity contribution in [3.05, 3.63) is 29.3 Å². The quantitative estimate of drug-likeness (QED) is 0.906. The molecule has 3 heteroatoms. The van der Waals surface area contributed by atoms with E-state index >= 15 is 0 Å². The number of para-hydroxylation sites is 1. The molecule has 1 fully saturated rings. The van der Waals surface area contributed by atoms with E-state index in [0.717, 1.165) is 13.0 Å². The smallest absolute Gasteiger partial charge is 0.308 e. The molecule has 2 atom stereocenters. The van der Waals surface area contributed by atoms with Gasteiger partial charge in [0, 0.05) is 18.3 Å². The molecule has 1 saturated heterocycles. The number of aliphatic carboxylic acids is 1. The number of anilines is 1. The van der Waals surface area contributed by atoms with E-state index in [1.54, 1.807) is 0 Å². The molecule has 0 aromatic heterocycles. The van der Waals surface area contributed by atoms with Gasteiger partial charge in [0.2, 0.25) is 0 Å². The molecule has 1 N–H and O–H groups in total. The second-order valence-electron chi connectivity index (χ2n) is 5.83. The lowest BCUT2D eigenvalue weighted by Gasteiger charge is -2.30. The number of benzene rings is 1. The molecule has 1 aromatic carbocycles. The van der Waals surface area contributed by atoms with E-state index in [0.29, 0.717) is 5.92 Å². The van der Waals surface area contributed by atoms with Crippen molar-refractivity contribution in [2.45, 2.75) is 46.1 Å². The van der Waals surface area contributed by atoms with Crippen LogP contribution in [0.25, 0.3) is 0 Å². The Kier molecular flexibility index (Phi) is 3.83. The third-order valence-corrected chi connectivity index (χ3v) is 4.25. The maximum Gasteiger partial charge on any atom is 0.308 e. The summed E-state index contributed by atoms with van der Waals surface area (Å²) in [6.07, 6.45) is 0.738. The van der Waals surface area contributed by atoms with E-state index < -0.39 is 5.97 Å². The first-order valence-electron chi connectivity index (χ1n) is 7.02. The highest BCUT2D eigenvalue weighted by atomic mass is 16.4. The van der Waals surface area contributed by atoms with Crippen molar-refractivity contribution in [3.8, 4) is 0 Å². The molecule has 0 radical (unpaired) electrons. The molecular weight excluding hydrogens is 238 g/mol. The highest BCUT2D eigenvalue weighted by Gasteiger charge is 2.37. The molecule has 3 nitrogen and oxygen atoms in total. The highest BCUT2D eigenvalue weighted by Crippen LogP contribution is 2.37. The maximum atomic E-state index is 11.3. The minimum Gasteiger partial charge on any atom is -0.481 e. The van der Waals surface area contributed by atoms with Gasteiger partial charge in [-0.25, -0.2) is 0 Å². The first kappa shape index (κ1) is 13.9. The van der Waals surface area contributed by atoms with Gasteiger partial charge >= 0.3 is 5.97 Å². The Hall–Kier alpha value is -1.51. The summed E-state index contributed by atoms with van der Waals surface area (Å²) < 4.78 is 0. The second-order valence-corrected chi connectivity index (χ2v) is 5.83. The SMILES string of the molecule is Cc1cccc(C(C)C)c1N1CCC(C(=O)O)C1C. The zero-order valence-electron chi connectivity index (χ0n) is 12.2. The average Bonchev–Trinajstić information content (AvgIpc) is 2.70. The van der Waals surface area contributed by atoms with E-state index in [-0.39, 0.29) is 12.0 Å². The molecule has 0 saturated carbocycles. The molecule has 1 heterocycles. The number of carboxylic acid groups (broad SMARTS) is 1. The average molecular weight is 261 g/mol. The van der Waals surface area contributed by atoms with E-state index in [2.05, 4.69) is 43.9 Å². The summed E-state index contributed by atoms with van der Waals surface area (Å²) in [7, 11) is 0. The number of carbonyl (C=O) groups is 1. The summed E-state index contributed by atoms with van der Waals surface area (Å²) in [5, 5.41) is 9.27. The van der Waals surface area contributed by atoms with Crippen LogP contribution in [0.4, 0.5) is 5.69 Å². The fraction of sp³-hybridized carbons (Fsp3) is 0.562. The van der Waals surface area contributed by atoms with Crippen LogP contribution in [-0.4, -0.2) is 23.7 Å². The van der Waals surface area contributed by atoms with Crippen molar-refractivity contribution < 1.29 is 9.90 Å². The second kappa shape index (κ2) is 5.24. The maximum absolute atomic E-state index is 11.3. The van der Waals surface area contributed by atoms with Gasteiger partial charge in [-0.05, 0) is 37.3 Å². The lowest BCUT2D eigenvalue weighted by Crippen LogP contribution is -2.34. The van der Waals surface area contributed by atoms with Gasteiger partial charge in [-0.3, -0.25) is 4.79 Å². The summed E-state index contributed by atoms with van der Waals surface area (Å²) in [6, 6.07) is 6.43. The van der Waals surface area contributed by atoms with E-state index in [1.165, 1.54) is 16.8 Å². The van der Waals surface area contributed by atoms with Gasteiger partial charge in [-0.15, -0.1) is 0 Å². The monoisotopic (exact) mass is 261 g/mol. The molecule has 1 aliphatic rings. The van der Waals surface area contributed by atoms with Crippen molar-refractivity contribution in [1.82, 2.24) is 0 Å². The third kappa shape index (κ3) is 2.46. The normalized spacial score (nSPS) is 23.1. The van der Waals surface area contributed by atoms with E-state index in [1.807, 2.05) is 6.92 Å². The van der Waals surface area contributed by atoms with E-state index in [4.69, 9.17) is 0 Å². The van der Waals surface area contributed by atoms with Crippen LogP contribution in [0, 0.1) is 12.8 Å². The number of rotatable bonds is 3. The van der Waals surface area contributed by atoms with Crippen LogP contribution in [0.5, 0.6) is 0 Å². The molecule has 19 heavy (non-hydrogen) atoms.